The molecule has 1 amide bonds. The van der Waals surface area contributed by atoms with Crippen LogP contribution in [0.5, 0.6) is 5.75 Å². The Balaban J connectivity index is 1.59. The molecule has 2 heterocycles. The van der Waals surface area contributed by atoms with Gasteiger partial charge in [-0.05, 0) is 58.4 Å². The van der Waals surface area contributed by atoms with Crippen molar-refractivity contribution in [2.24, 2.45) is 5.92 Å². The highest BCUT2D eigenvalue weighted by Crippen LogP contribution is 2.44. The minimum absolute atomic E-state index is 0.00667. The summed E-state index contributed by atoms with van der Waals surface area (Å²) >= 11 is 0. The fourth-order valence-electron chi connectivity index (χ4n) is 4.69. The summed E-state index contributed by atoms with van der Waals surface area (Å²) < 4.78 is 28.1. The predicted octanol–water partition coefficient (Wildman–Crippen LogP) is 3.92. The number of hydrogen-bond acceptors (Lipinski definition) is 6. The van der Waals surface area contributed by atoms with Crippen molar-refractivity contribution >= 4 is 28.7 Å². The Morgan fingerprint density at radius 1 is 1.26 bits per heavy atom. The first-order chi connectivity index (χ1) is 16.5. The lowest BCUT2D eigenvalue weighted by atomic mass is 10.1. The van der Waals surface area contributed by atoms with E-state index in [0.29, 0.717) is 31.6 Å². The lowest BCUT2D eigenvalue weighted by Gasteiger charge is -2.25. The van der Waals surface area contributed by atoms with Gasteiger partial charge < -0.3 is 29.4 Å². The van der Waals surface area contributed by atoms with Crippen LogP contribution in [0.15, 0.2) is 17.1 Å². The van der Waals surface area contributed by atoms with Gasteiger partial charge in [0.05, 0.1) is 18.0 Å². The fourth-order valence-corrected chi connectivity index (χ4v) is 4.69. The van der Waals surface area contributed by atoms with Crippen molar-refractivity contribution in [2.45, 2.75) is 58.1 Å². The number of halogens is 1. The van der Waals surface area contributed by atoms with Crippen LogP contribution < -0.4 is 20.4 Å². The monoisotopic (exact) mass is 489 g/mol. The number of rotatable bonds is 7. The number of hydrogen-bond donors (Lipinski definition) is 2. The lowest BCUT2D eigenvalue weighted by molar-refractivity contribution is 0.0524. The minimum Gasteiger partial charge on any atom is -0.492 e. The molecular weight excluding hydrogens is 457 g/mol. The van der Waals surface area contributed by atoms with E-state index in [1.54, 1.807) is 25.3 Å². The maximum atomic E-state index is 15.4. The number of pyridine rings is 1. The van der Waals surface area contributed by atoms with Crippen LogP contribution in [0.2, 0.25) is 0 Å². The Labute approximate surface area is 202 Å². The minimum atomic E-state index is -1.34. The molecule has 1 unspecified atom stereocenters. The van der Waals surface area contributed by atoms with Crippen molar-refractivity contribution in [3.05, 3.63) is 33.9 Å². The van der Waals surface area contributed by atoms with Crippen molar-refractivity contribution < 1.29 is 28.6 Å². The molecule has 2 aromatic rings. The topological polar surface area (TPSA) is 110 Å². The highest BCUT2D eigenvalue weighted by atomic mass is 19.1. The molecule has 4 rings (SSSR count). The molecule has 2 aliphatic rings. The number of aromatic carboxylic acids is 1. The van der Waals surface area contributed by atoms with Gasteiger partial charge in [0.1, 0.15) is 16.9 Å². The van der Waals surface area contributed by atoms with E-state index in [1.165, 1.54) is 13.3 Å². The van der Waals surface area contributed by atoms with Crippen molar-refractivity contribution in [1.29, 1.82) is 0 Å². The summed E-state index contributed by atoms with van der Waals surface area (Å²) in [4.78, 5) is 38.3. The Bertz CT molecular complexity index is 1210. The third-order valence-electron chi connectivity index (χ3n) is 6.40. The molecule has 1 aliphatic carbocycles. The largest absolute Gasteiger partial charge is 0.492 e. The van der Waals surface area contributed by atoms with E-state index in [4.69, 9.17) is 9.47 Å². The van der Waals surface area contributed by atoms with Crippen LogP contribution in [0.25, 0.3) is 10.9 Å². The van der Waals surface area contributed by atoms with Gasteiger partial charge in [0.15, 0.2) is 11.6 Å². The molecule has 1 atom stereocenters. The highest BCUT2D eigenvalue weighted by molar-refractivity contribution is 5.97. The maximum Gasteiger partial charge on any atom is 0.407 e. The van der Waals surface area contributed by atoms with Crippen molar-refractivity contribution in [3.63, 3.8) is 0 Å². The van der Waals surface area contributed by atoms with E-state index in [2.05, 4.69) is 5.32 Å². The number of benzene rings is 1. The SMILES string of the molecule is COc1c(N2CCC(CCNC(=O)OC(C)(C)C)C2)c(F)cc2c(=O)c(C(=O)O)cn(C3CC3)c12. The predicted molar refractivity (Wildman–Crippen MR) is 129 cm³/mol. The van der Waals surface area contributed by atoms with E-state index in [-0.39, 0.29) is 34.3 Å². The number of carboxylic acid groups (broad SMARTS) is 1. The number of nitrogens with one attached hydrogen (secondary N) is 1. The van der Waals surface area contributed by atoms with Gasteiger partial charge >= 0.3 is 12.1 Å². The highest BCUT2D eigenvalue weighted by Gasteiger charge is 2.33. The van der Waals surface area contributed by atoms with E-state index < -0.39 is 28.9 Å². The molecule has 2 N–H and O–H groups in total. The van der Waals surface area contributed by atoms with E-state index in [9.17, 15) is 19.5 Å². The van der Waals surface area contributed by atoms with Crippen molar-refractivity contribution in [2.75, 3.05) is 31.6 Å². The summed E-state index contributed by atoms with van der Waals surface area (Å²) in [5, 5.41) is 12.3. The number of alkyl carbamates (subject to hydrolysis) is 1. The third kappa shape index (κ3) is 5.21. The van der Waals surface area contributed by atoms with Gasteiger partial charge in [-0.25, -0.2) is 14.0 Å². The van der Waals surface area contributed by atoms with E-state index >= 15 is 4.39 Å². The number of fused-ring (bicyclic) bond motifs is 1. The number of aromatic nitrogens is 1. The molecule has 1 saturated heterocycles. The van der Waals surface area contributed by atoms with Gasteiger partial charge in [0, 0.05) is 31.9 Å². The molecule has 0 bridgehead atoms. The standard InChI is InChI=1S/C25H32FN3O6/c1-25(2,3)35-24(33)27-9-7-14-8-10-28(12-14)20-18(26)11-16-19(22(20)34-4)29(15-5-6-15)13-17(21(16)30)23(31)32/h11,13-15H,5-10,12H2,1-4H3,(H,27,33)(H,31,32). The molecule has 9 nitrogen and oxygen atoms in total. The number of amides is 1. The van der Waals surface area contributed by atoms with Crippen molar-refractivity contribution in [1.82, 2.24) is 9.88 Å². The Hall–Kier alpha value is -3.30. The lowest BCUT2D eigenvalue weighted by Crippen LogP contribution is -2.33. The summed E-state index contributed by atoms with van der Waals surface area (Å²) in [6.07, 6.45) is 4.11. The zero-order valence-corrected chi connectivity index (χ0v) is 20.5. The van der Waals surface area contributed by atoms with Gasteiger partial charge in [-0.2, -0.15) is 0 Å². The number of carbonyl (C=O) groups is 2. The number of ether oxygens (including phenoxy) is 2. The zero-order chi connectivity index (χ0) is 25.5. The van der Waals surface area contributed by atoms with Crippen LogP contribution in [0, 0.1) is 11.7 Å². The van der Waals surface area contributed by atoms with Gasteiger partial charge in [-0.15, -0.1) is 0 Å². The Morgan fingerprint density at radius 2 is 1.97 bits per heavy atom. The first kappa shape index (κ1) is 24.8. The van der Waals surface area contributed by atoms with Gasteiger partial charge in [-0.3, -0.25) is 4.79 Å². The molecule has 0 radical (unpaired) electrons. The smallest absolute Gasteiger partial charge is 0.407 e. The second-order valence-corrected chi connectivity index (χ2v) is 10.3. The molecule has 1 aliphatic heterocycles. The van der Waals surface area contributed by atoms with Crippen LogP contribution in [0.1, 0.15) is 62.9 Å². The summed E-state index contributed by atoms with van der Waals surface area (Å²) in [5.41, 5.74) is -0.959. The van der Waals surface area contributed by atoms with Crippen LogP contribution in [0.3, 0.4) is 0 Å². The van der Waals surface area contributed by atoms with Crippen LogP contribution in [-0.4, -0.2) is 54.1 Å². The first-order valence-electron chi connectivity index (χ1n) is 11.9. The van der Waals surface area contributed by atoms with Crippen LogP contribution >= 0.6 is 0 Å². The molecule has 2 fully saturated rings. The second kappa shape index (κ2) is 9.39. The van der Waals surface area contributed by atoms with Gasteiger partial charge in [0.25, 0.3) is 0 Å². The number of nitrogens with zero attached hydrogens (tertiary/aromatic N) is 2. The van der Waals surface area contributed by atoms with E-state index in [1.807, 2.05) is 4.90 Å². The Kier molecular flexibility index (Phi) is 6.66. The average molecular weight is 490 g/mol. The fraction of sp³-hybridized carbons (Fsp3) is 0.560. The van der Waals surface area contributed by atoms with Crippen LogP contribution in [-0.2, 0) is 4.74 Å². The number of methoxy groups -OCH3 is 1. The normalized spacial score (nSPS) is 18.1. The molecule has 1 aromatic heterocycles. The number of anilines is 1. The molecule has 35 heavy (non-hydrogen) atoms. The molecule has 0 spiro atoms. The molecule has 190 valence electrons. The van der Waals surface area contributed by atoms with E-state index in [0.717, 1.165) is 25.3 Å². The second-order valence-electron chi connectivity index (χ2n) is 10.3. The van der Waals surface area contributed by atoms with Crippen molar-refractivity contribution in [3.8, 4) is 5.75 Å². The summed E-state index contributed by atoms with van der Waals surface area (Å²) in [6.45, 7) is 7.02. The van der Waals surface area contributed by atoms with Gasteiger partial charge in [0.2, 0.25) is 5.43 Å². The molecule has 1 aromatic carbocycles. The van der Waals surface area contributed by atoms with Crippen LogP contribution in [0.4, 0.5) is 14.9 Å². The summed E-state index contributed by atoms with van der Waals surface area (Å²) in [7, 11) is 1.43. The summed E-state index contributed by atoms with van der Waals surface area (Å²) in [5.74, 6) is -1.49. The van der Waals surface area contributed by atoms with Gasteiger partial charge in [-0.1, -0.05) is 0 Å². The first-order valence-corrected chi connectivity index (χ1v) is 11.9. The quantitative estimate of drug-likeness (QED) is 0.607. The molecule has 10 heteroatoms. The summed E-state index contributed by atoms with van der Waals surface area (Å²) in [6, 6.07) is 1.19. The average Bonchev–Trinajstić information content (AvgIpc) is 3.50. The number of carbonyl (C=O) groups excluding carboxylic acids is 1. The number of carboxylic acids is 1. The maximum absolute atomic E-state index is 15.4. The third-order valence-corrected chi connectivity index (χ3v) is 6.40. The molecular formula is C25H32FN3O6. The molecule has 1 saturated carbocycles. The Morgan fingerprint density at radius 3 is 2.57 bits per heavy atom. The zero-order valence-electron chi connectivity index (χ0n) is 20.5.